The summed E-state index contributed by atoms with van der Waals surface area (Å²) in [6.07, 6.45) is 2.13. The highest BCUT2D eigenvalue weighted by molar-refractivity contribution is 5.79. The van der Waals surface area contributed by atoms with Crippen molar-refractivity contribution >= 4 is 11.9 Å². The van der Waals surface area contributed by atoms with Crippen LogP contribution in [0, 0.1) is 5.92 Å². The summed E-state index contributed by atoms with van der Waals surface area (Å²) in [5.74, 6) is -1.40. The van der Waals surface area contributed by atoms with Crippen LogP contribution < -0.4 is 0 Å². The summed E-state index contributed by atoms with van der Waals surface area (Å²) in [5, 5.41) is 9.10. The van der Waals surface area contributed by atoms with Gasteiger partial charge in [-0.3, -0.25) is 9.59 Å². The van der Waals surface area contributed by atoms with Gasteiger partial charge in [-0.25, -0.2) is 0 Å². The van der Waals surface area contributed by atoms with E-state index in [0.29, 0.717) is 13.0 Å². The lowest BCUT2D eigenvalue weighted by molar-refractivity contribution is -0.148. The molecule has 2 rings (SSSR count). The Morgan fingerprint density at radius 3 is 2.68 bits per heavy atom. The smallest absolute Gasteiger partial charge is 0.308 e. The summed E-state index contributed by atoms with van der Waals surface area (Å²) in [5.41, 5.74) is 1.17. The van der Waals surface area contributed by atoms with Crippen molar-refractivity contribution < 1.29 is 19.4 Å². The van der Waals surface area contributed by atoms with Gasteiger partial charge < -0.3 is 14.7 Å². The Balaban J connectivity index is 1.75. The van der Waals surface area contributed by atoms with Crippen molar-refractivity contribution in [3.05, 3.63) is 35.9 Å². The van der Waals surface area contributed by atoms with E-state index in [1.807, 2.05) is 37.3 Å². The number of piperidine rings is 1. The maximum Gasteiger partial charge on any atom is 0.308 e. The summed E-state index contributed by atoms with van der Waals surface area (Å²) >= 11 is 0. The Morgan fingerprint density at radius 2 is 2.00 bits per heavy atom. The summed E-state index contributed by atoms with van der Waals surface area (Å²) in [7, 11) is 0. The van der Waals surface area contributed by atoms with Crippen LogP contribution in [0.2, 0.25) is 0 Å². The molecule has 22 heavy (non-hydrogen) atoms. The van der Waals surface area contributed by atoms with Crippen molar-refractivity contribution in [2.45, 2.75) is 32.2 Å². The Bertz CT molecular complexity index is 503. The maximum atomic E-state index is 12.2. The highest BCUT2D eigenvalue weighted by Crippen LogP contribution is 2.22. The number of carboxylic acids is 1. The van der Waals surface area contributed by atoms with Crippen LogP contribution in [0.25, 0.3) is 0 Å². The normalized spacial score (nSPS) is 21.6. The molecule has 1 amide bonds. The number of amides is 1. The third kappa shape index (κ3) is 4.56. The number of carbonyl (C=O) groups is 2. The van der Waals surface area contributed by atoms with Gasteiger partial charge in [0.05, 0.1) is 12.5 Å². The highest BCUT2D eigenvalue weighted by atomic mass is 16.5. The van der Waals surface area contributed by atoms with Crippen LogP contribution in [-0.2, 0) is 20.7 Å². The van der Waals surface area contributed by atoms with Crippen LogP contribution in [-0.4, -0.2) is 47.7 Å². The molecule has 2 unspecified atom stereocenters. The molecule has 0 bridgehead atoms. The van der Waals surface area contributed by atoms with Gasteiger partial charge in [0.2, 0.25) is 5.91 Å². The first kappa shape index (κ1) is 16.5. The molecule has 5 nitrogen and oxygen atoms in total. The lowest BCUT2D eigenvalue weighted by Crippen LogP contribution is -2.48. The first-order valence-corrected chi connectivity index (χ1v) is 7.72. The van der Waals surface area contributed by atoms with Crippen molar-refractivity contribution in [2.24, 2.45) is 5.92 Å². The van der Waals surface area contributed by atoms with Gasteiger partial charge in [-0.2, -0.15) is 0 Å². The van der Waals surface area contributed by atoms with Crippen LogP contribution >= 0.6 is 0 Å². The Morgan fingerprint density at radius 1 is 1.27 bits per heavy atom. The average molecular weight is 305 g/mol. The summed E-state index contributed by atoms with van der Waals surface area (Å²) in [6, 6.07) is 10.0. The molecule has 0 aromatic heterocycles. The van der Waals surface area contributed by atoms with Crippen LogP contribution in [0.4, 0.5) is 0 Å². The van der Waals surface area contributed by atoms with Gasteiger partial charge in [-0.1, -0.05) is 30.3 Å². The zero-order chi connectivity index (χ0) is 15.9. The number of ether oxygens (including phenoxy) is 1. The van der Waals surface area contributed by atoms with Gasteiger partial charge in [0.15, 0.2) is 0 Å². The number of aliphatic carboxylic acids is 1. The number of likely N-dealkylation sites (tertiary alicyclic amines) is 1. The highest BCUT2D eigenvalue weighted by Gasteiger charge is 2.32. The van der Waals surface area contributed by atoms with E-state index in [0.717, 1.165) is 12.8 Å². The van der Waals surface area contributed by atoms with Gasteiger partial charge in [0.1, 0.15) is 6.61 Å². The van der Waals surface area contributed by atoms with E-state index in [1.54, 1.807) is 4.90 Å². The minimum Gasteiger partial charge on any atom is -0.481 e. The molecule has 1 aromatic carbocycles. The Labute approximate surface area is 130 Å². The summed E-state index contributed by atoms with van der Waals surface area (Å²) in [6.45, 7) is 2.75. The number of rotatable bonds is 6. The molecule has 5 heteroatoms. The van der Waals surface area contributed by atoms with E-state index >= 15 is 0 Å². The number of carbonyl (C=O) groups excluding carboxylic acids is 1. The predicted molar refractivity (Wildman–Crippen MR) is 82.5 cm³/mol. The second-order valence-corrected chi connectivity index (χ2v) is 5.80. The second kappa shape index (κ2) is 7.94. The van der Waals surface area contributed by atoms with Crippen molar-refractivity contribution in [1.82, 2.24) is 4.90 Å². The fourth-order valence-corrected chi connectivity index (χ4v) is 2.73. The van der Waals surface area contributed by atoms with Crippen LogP contribution in [0.5, 0.6) is 0 Å². The molecule has 2 atom stereocenters. The third-order valence-corrected chi connectivity index (χ3v) is 4.16. The zero-order valence-corrected chi connectivity index (χ0v) is 12.9. The van der Waals surface area contributed by atoms with Crippen LogP contribution in [0.15, 0.2) is 30.3 Å². The lowest BCUT2D eigenvalue weighted by Gasteiger charge is -2.36. The van der Waals surface area contributed by atoms with Crippen molar-refractivity contribution in [2.75, 3.05) is 19.8 Å². The number of nitrogens with zero attached hydrogens (tertiary/aromatic N) is 1. The molecule has 1 aromatic rings. The molecule has 1 aliphatic heterocycles. The van der Waals surface area contributed by atoms with E-state index in [9.17, 15) is 9.59 Å². The fourth-order valence-electron chi connectivity index (χ4n) is 2.73. The molecule has 0 saturated carbocycles. The molecule has 0 radical (unpaired) electrons. The van der Waals surface area contributed by atoms with Crippen LogP contribution in [0.1, 0.15) is 25.3 Å². The number of hydrogen-bond donors (Lipinski definition) is 1. The average Bonchev–Trinajstić information content (AvgIpc) is 2.52. The number of hydrogen-bond acceptors (Lipinski definition) is 3. The van der Waals surface area contributed by atoms with E-state index in [4.69, 9.17) is 9.84 Å². The molecule has 0 spiro atoms. The van der Waals surface area contributed by atoms with Gasteiger partial charge in [-0.15, -0.1) is 0 Å². The standard InChI is InChI=1S/C17H23NO4/c1-13-7-8-15(17(20)21)11-18(13)16(19)12-22-10-9-14-5-3-2-4-6-14/h2-6,13,15H,7-12H2,1H3,(H,20,21). The van der Waals surface area contributed by atoms with Crippen molar-refractivity contribution in [3.8, 4) is 0 Å². The van der Waals surface area contributed by atoms with Gasteiger partial charge in [0.25, 0.3) is 0 Å². The predicted octanol–water partition coefficient (Wildman–Crippen LogP) is 1.96. The summed E-state index contributed by atoms with van der Waals surface area (Å²) in [4.78, 5) is 24.9. The molecule has 0 aliphatic carbocycles. The van der Waals surface area contributed by atoms with E-state index in [-0.39, 0.29) is 25.1 Å². The monoisotopic (exact) mass is 305 g/mol. The Hall–Kier alpha value is -1.88. The quantitative estimate of drug-likeness (QED) is 0.816. The van der Waals surface area contributed by atoms with Crippen LogP contribution in [0.3, 0.4) is 0 Å². The molecule has 1 saturated heterocycles. The molecular weight excluding hydrogens is 282 g/mol. The third-order valence-electron chi connectivity index (χ3n) is 4.16. The molecule has 120 valence electrons. The second-order valence-electron chi connectivity index (χ2n) is 5.80. The molecule has 1 fully saturated rings. The lowest BCUT2D eigenvalue weighted by atomic mass is 9.93. The number of benzene rings is 1. The van der Waals surface area contributed by atoms with E-state index < -0.39 is 11.9 Å². The first-order valence-electron chi connectivity index (χ1n) is 7.72. The molecule has 1 heterocycles. The summed E-state index contributed by atoms with van der Waals surface area (Å²) < 4.78 is 5.46. The minimum absolute atomic E-state index is 0.0174. The molecule has 1 aliphatic rings. The SMILES string of the molecule is CC1CCC(C(=O)O)CN1C(=O)COCCc1ccccc1. The fraction of sp³-hybridized carbons (Fsp3) is 0.529. The topological polar surface area (TPSA) is 66.8 Å². The largest absolute Gasteiger partial charge is 0.481 e. The van der Waals surface area contributed by atoms with Gasteiger partial charge in [-0.05, 0) is 31.7 Å². The number of carboxylic acid groups (broad SMARTS) is 1. The maximum absolute atomic E-state index is 12.2. The first-order chi connectivity index (χ1) is 10.6. The van der Waals surface area contributed by atoms with Gasteiger partial charge >= 0.3 is 5.97 Å². The van der Waals surface area contributed by atoms with Gasteiger partial charge in [0, 0.05) is 12.6 Å². The Kier molecular flexibility index (Phi) is 5.95. The minimum atomic E-state index is -0.824. The van der Waals surface area contributed by atoms with E-state index in [1.165, 1.54) is 5.56 Å². The van der Waals surface area contributed by atoms with Crippen molar-refractivity contribution in [3.63, 3.8) is 0 Å². The molecular formula is C17H23NO4. The van der Waals surface area contributed by atoms with E-state index in [2.05, 4.69) is 0 Å². The van der Waals surface area contributed by atoms with Crippen molar-refractivity contribution in [1.29, 1.82) is 0 Å². The zero-order valence-electron chi connectivity index (χ0n) is 12.9. The molecule has 1 N–H and O–H groups in total.